The summed E-state index contributed by atoms with van der Waals surface area (Å²) in [6.07, 6.45) is 0. The monoisotopic (exact) mass is 1090 g/mol. The minimum atomic E-state index is -0.582. The minimum absolute atomic E-state index is 0.119. The van der Waals surface area contributed by atoms with E-state index in [-0.39, 0.29) is 44.5 Å². The van der Waals surface area contributed by atoms with E-state index in [9.17, 15) is 11.0 Å². The van der Waals surface area contributed by atoms with Crippen LogP contribution < -0.4 is 0 Å². The largest absolute Gasteiger partial charge is 0.308 e. The zero-order valence-electron chi connectivity index (χ0n) is 62.6. The third kappa shape index (κ3) is 6.07. The maximum absolute atomic E-state index is 9.28. The topological polar surface area (TPSA) is 8.82 Å². The highest BCUT2D eigenvalue weighted by Crippen LogP contribution is 2.53. The zero-order chi connectivity index (χ0) is 70.7. The molecule has 13 aromatic carbocycles. The smallest absolute Gasteiger partial charge is 0.0635 e. The molecule has 6 aromatic heterocycles. The van der Waals surface area contributed by atoms with E-state index in [2.05, 4.69) is 57.3 Å². The first-order valence-corrected chi connectivity index (χ1v) is 28.2. The summed E-state index contributed by atoms with van der Waals surface area (Å²) in [7, 11) is 0. The van der Waals surface area contributed by atoms with Crippen LogP contribution in [0.4, 0.5) is 0 Å². The molecule has 0 unspecified atom stereocenters. The lowest BCUT2D eigenvalue weighted by atomic mass is 9.87. The second-order valence-electron chi connectivity index (χ2n) is 20.7. The van der Waals surface area contributed by atoms with E-state index >= 15 is 0 Å². The molecule has 19 rings (SSSR count). The van der Waals surface area contributed by atoms with Gasteiger partial charge in [0.15, 0.2) is 0 Å². The summed E-state index contributed by atoms with van der Waals surface area (Å²) in [6.45, 7) is 0. The van der Waals surface area contributed by atoms with Crippen LogP contribution in [0.2, 0.25) is 0 Å². The van der Waals surface area contributed by atoms with Gasteiger partial charge in [0.05, 0.1) is 60.5 Å². The van der Waals surface area contributed by atoms with E-state index in [1.807, 2.05) is 60.7 Å². The van der Waals surface area contributed by atoms with E-state index in [4.69, 9.17) is 16.4 Å². The molecular formula is C78H44N2S2. The van der Waals surface area contributed by atoms with E-state index in [1.54, 1.807) is 59.1 Å². The Bertz CT molecular complexity index is 6430. The van der Waals surface area contributed by atoms with Gasteiger partial charge in [-0.25, -0.2) is 0 Å². The third-order valence-electron chi connectivity index (χ3n) is 16.7. The van der Waals surface area contributed by atoms with E-state index < -0.39 is 121 Å². The highest BCUT2D eigenvalue weighted by atomic mass is 32.1. The number of hydrogen-bond acceptors (Lipinski definition) is 2. The standard InChI is InChI=1S/C78H44N2S2/c1-5-19-45(20-6-1)51-29-17-30-52(46-21-7-2-8-22-46)71(51)49-35-37-65-63(39-49)73-75-59(41-61-55-27-13-15-33-69(55)81-77(61)73)57-44-68-58(43-67(57)79(65)75)60-42-62-56-28-14-16-34-70(56)82-78(62)74-64-40-50(36-38-66(64)80(68)76(60)74)72-53(47-23-9-3-10-24-47)31-18-32-54(72)48-25-11-4-12-26-48/h1-44H/i1D,2D,3D,4D,5D,6D,7D,8D,9D,10D,11D,12D,19D,20D,21D,22D,23D,24D,25D,26D. The van der Waals surface area contributed by atoms with Crippen LogP contribution in [-0.2, 0) is 0 Å². The summed E-state index contributed by atoms with van der Waals surface area (Å²) < 4.78 is 187. The zero-order valence-corrected chi connectivity index (χ0v) is 44.2. The van der Waals surface area contributed by atoms with Gasteiger partial charge in [-0.1, -0.05) is 206 Å². The van der Waals surface area contributed by atoms with Crippen molar-refractivity contribution in [3.05, 3.63) is 266 Å². The number of fused-ring (bicyclic) bond motifs is 20. The molecule has 0 atom stereocenters. The highest BCUT2D eigenvalue weighted by molar-refractivity contribution is 7.27. The molecule has 378 valence electrons. The van der Waals surface area contributed by atoms with Gasteiger partial charge in [-0.05, 0) is 127 Å². The predicted molar refractivity (Wildman–Crippen MR) is 354 cm³/mol. The van der Waals surface area contributed by atoms with Gasteiger partial charge in [0.25, 0.3) is 0 Å². The maximum atomic E-state index is 9.28. The molecule has 6 heterocycles. The van der Waals surface area contributed by atoms with Crippen LogP contribution in [0.3, 0.4) is 0 Å². The number of thiophene rings is 2. The van der Waals surface area contributed by atoms with Gasteiger partial charge < -0.3 is 8.80 Å². The Hall–Kier alpha value is -10.1. The Morgan fingerprint density at radius 2 is 0.634 bits per heavy atom. The number of aromatic nitrogens is 2. The van der Waals surface area contributed by atoms with Crippen molar-refractivity contribution in [2.24, 2.45) is 0 Å². The molecule has 0 radical (unpaired) electrons. The normalized spacial score (nSPS) is 15.8. The van der Waals surface area contributed by atoms with E-state index in [0.717, 1.165) is 117 Å². The second kappa shape index (κ2) is 16.7. The summed E-state index contributed by atoms with van der Waals surface area (Å²) in [5.74, 6) is 0. The summed E-state index contributed by atoms with van der Waals surface area (Å²) in [6, 6.07) is 36.4. The van der Waals surface area contributed by atoms with E-state index in [0.29, 0.717) is 22.3 Å². The third-order valence-corrected chi connectivity index (χ3v) is 19.1. The Morgan fingerprint density at radius 3 is 1.01 bits per heavy atom. The molecule has 0 fully saturated rings. The Labute approximate surface area is 506 Å². The van der Waals surface area contributed by atoms with Gasteiger partial charge in [-0.3, -0.25) is 0 Å². The van der Waals surface area contributed by atoms with Crippen molar-refractivity contribution in [3.63, 3.8) is 0 Å². The van der Waals surface area contributed by atoms with Gasteiger partial charge in [0, 0.05) is 83.4 Å². The van der Waals surface area contributed by atoms with Gasteiger partial charge in [0.2, 0.25) is 0 Å². The van der Waals surface area contributed by atoms with Crippen LogP contribution in [0.1, 0.15) is 27.4 Å². The minimum Gasteiger partial charge on any atom is -0.308 e. The molecular weight excluding hydrogens is 1030 g/mol. The fourth-order valence-corrected chi connectivity index (χ4v) is 15.9. The first kappa shape index (κ1) is 29.9. The number of rotatable bonds is 6. The fraction of sp³-hybridized carbons (Fsp3) is 0. The predicted octanol–water partition coefficient (Wildman–Crippen LogP) is 22.7. The van der Waals surface area contributed by atoms with Crippen LogP contribution >= 0.6 is 22.7 Å². The van der Waals surface area contributed by atoms with Gasteiger partial charge in [0.1, 0.15) is 0 Å². The number of hydrogen-bond donors (Lipinski definition) is 0. The van der Waals surface area contributed by atoms with Crippen LogP contribution in [0.25, 0.3) is 183 Å². The molecule has 0 saturated carbocycles. The highest BCUT2D eigenvalue weighted by Gasteiger charge is 2.28. The Morgan fingerprint density at radius 1 is 0.268 bits per heavy atom. The average molecular weight is 1090 g/mol. The van der Waals surface area contributed by atoms with Crippen molar-refractivity contribution >= 4 is 139 Å². The lowest BCUT2D eigenvalue weighted by molar-refractivity contribution is 1.36. The molecule has 0 N–H and O–H groups in total. The number of benzene rings is 13. The van der Waals surface area contributed by atoms with Crippen molar-refractivity contribution in [3.8, 4) is 66.8 Å². The van der Waals surface area contributed by atoms with Gasteiger partial charge in [-0.15, -0.1) is 22.7 Å². The Kier molecular flexibility index (Phi) is 6.11. The molecule has 19 aromatic rings. The molecule has 0 bridgehead atoms. The van der Waals surface area contributed by atoms with Crippen LogP contribution in [0.15, 0.2) is 266 Å². The summed E-state index contributed by atoms with van der Waals surface area (Å²) in [4.78, 5) is 0. The van der Waals surface area contributed by atoms with Gasteiger partial charge in [-0.2, -0.15) is 0 Å². The van der Waals surface area contributed by atoms with Crippen molar-refractivity contribution < 1.29 is 27.4 Å². The average Bonchev–Trinajstić information content (AvgIpc) is 1.50. The molecule has 0 amide bonds. The van der Waals surface area contributed by atoms with Crippen molar-refractivity contribution in [1.82, 2.24) is 8.80 Å². The van der Waals surface area contributed by atoms with E-state index in [1.165, 1.54) is 0 Å². The molecule has 0 saturated heterocycles. The molecule has 4 heteroatoms. The fourth-order valence-electron chi connectivity index (χ4n) is 13.5. The summed E-state index contributed by atoms with van der Waals surface area (Å²) in [5, 5.41) is 11.3. The number of nitrogens with zero attached hydrogens (tertiary/aromatic N) is 2. The maximum Gasteiger partial charge on any atom is 0.0635 e. The first-order valence-electron chi connectivity index (χ1n) is 36.6. The van der Waals surface area contributed by atoms with Gasteiger partial charge >= 0.3 is 0 Å². The van der Waals surface area contributed by atoms with Crippen LogP contribution in [-0.4, -0.2) is 8.80 Å². The van der Waals surface area contributed by atoms with Crippen LogP contribution in [0, 0.1) is 0 Å². The molecule has 0 spiro atoms. The van der Waals surface area contributed by atoms with Crippen molar-refractivity contribution in [1.29, 1.82) is 0 Å². The molecule has 0 aliphatic heterocycles. The SMILES string of the molecule is [2H]c1c([2H])c([2H])c(-c2cccc(-c3c([2H])c([2H])c([2H])c([2H])c3[2H])c2-c2ccc3c(c2)c2c4sc5ccccc5c4cc4c5cc6c(cc5n3c42)c2cc3c4ccccc4sc3c3c4cc(-c5c(-c7c([2H])c([2H])c([2H])c([2H])c7[2H])cccc5-c5c([2H])c([2H])c([2H])c([2H])c5[2H])ccc4n6c23)c([2H])c1[2H]. The Balaban J connectivity index is 0.928. The van der Waals surface area contributed by atoms with Crippen molar-refractivity contribution in [2.75, 3.05) is 0 Å². The lowest BCUT2D eigenvalue weighted by Gasteiger charge is -2.17. The quantitative estimate of drug-likeness (QED) is 0.157. The summed E-state index contributed by atoms with van der Waals surface area (Å²) in [5.41, 5.74) is 7.16. The first-order chi connectivity index (χ1) is 49.0. The summed E-state index contributed by atoms with van der Waals surface area (Å²) >= 11 is 3.30. The lowest BCUT2D eigenvalue weighted by Crippen LogP contribution is -1.91. The molecule has 82 heavy (non-hydrogen) atoms. The van der Waals surface area contributed by atoms with Crippen LogP contribution in [0.5, 0.6) is 0 Å². The molecule has 0 aliphatic rings. The molecule has 0 aliphatic carbocycles. The second-order valence-corrected chi connectivity index (χ2v) is 22.8. The van der Waals surface area contributed by atoms with Crippen molar-refractivity contribution in [2.45, 2.75) is 0 Å². The molecule has 2 nitrogen and oxygen atoms in total.